The van der Waals surface area contributed by atoms with Gasteiger partial charge in [0.2, 0.25) is 0 Å². The van der Waals surface area contributed by atoms with Crippen molar-refractivity contribution in [2.45, 2.75) is 43.9 Å². The second kappa shape index (κ2) is 3.77. The van der Waals surface area contributed by atoms with Crippen LogP contribution in [-0.2, 0) is 18.9 Å². The molecule has 14 heavy (non-hydrogen) atoms. The lowest BCUT2D eigenvalue weighted by Crippen LogP contribution is -2.34. The summed E-state index contributed by atoms with van der Waals surface area (Å²) in [5.74, 6) is 0. The molecule has 0 aromatic rings. The van der Waals surface area contributed by atoms with Crippen molar-refractivity contribution >= 4 is 0 Å². The van der Waals surface area contributed by atoms with Crippen LogP contribution in [-0.4, -0.2) is 44.4 Å². The Morgan fingerprint density at radius 3 is 2.29 bits per heavy atom. The van der Waals surface area contributed by atoms with E-state index in [4.69, 9.17) is 18.9 Å². The van der Waals surface area contributed by atoms with Crippen LogP contribution in [0.15, 0.2) is 0 Å². The quantitative estimate of drug-likeness (QED) is 0.615. The van der Waals surface area contributed by atoms with E-state index in [2.05, 4.69) is 0 Å². The molecule has 0 bridgehead atoms. The van der Waals surface area contributed by atoms with Gasteiger partial charge in [0.05, 0.1) is 19.3 Å². The fourth-order valence-electron chi connectivity index (χ4n) is 1.88. The number of hydrogen-bond donors (Lipinski definition) is 0. The van der Waals surface area contributed by atoms with Gasteiger partial charge >= 0.3 is 0 Å². The molecule has 4 atom stereocenters. The second-order valence-corrected chi connectivity index (χ2v) is 4.15. The highest BCUT2D eigenvalue weighted by molar-refractivity contribution is 4.84. The van der Waals surface area contributed by atoms with E-state index in [1.54, 1.807) is 0 Å². The third kappa shape index (κ3) is 2.08. The van der Waals surface area contributed by atoms with Crippen LogP contribution in [0.4, 0.5) is 0 Å². The van der Waals surface area contributed by atoms with Gasteiger partial charge in [-0.2, -0.15) is 0 Å². The average Bonchev–Trinajstić information content (AvgIpc) is 3.00. The molecule has 3 rings (SSSR count). The van der Waals surface area contributed by atoms with Gasteiger partial charge in [0.1, 0.15) is 12.2 Å². The average molecular weight is 200 g/mol. The molecule has 3 aliphatic heterocycles. The maximum absolute atomic E-state index is 5.87. The Kier molecular flexibility index (Phi) is 2.45. The van der Waals surface area contributed by atoms with Crippen LogP contribution in [0, 0.1) is 0 Å². The summed E-state index contributed by atoms with van der Waals surface area (Å²) in [6.45, 7) is 2.43. The van der Waals surface area contributed by atoms with E-state index in [9.17, 15) is 0 Å². The SMILES string of the molecule is C1CCC(C2CO2)OC(C2CO2)OC1. The molecule has 4 heteroatoms. The highest BCUT2D eigenvalue weighted by Crippen LogP contribution is 2.28. The Hall–Kier alpha value is -0.160. The first-order valence-electron chi connectivity index (χ1n) is 5.44. The molecule has 4 unspecified atom stereocenters. The smallest absolute Gasteiger partial charge is 0.186 e. The van der Waals surface area contributed by atoms with E-state index in [1.807, 2.05) is 0 Å². The summed E-state index contributed by atoms with van der Waals surface area (Å²) < 4.78 is 22.0. The molecule has 0 aromatic carbocycles. The minimum Gasteiger partial charge on any atom is -0.370 e. The molecule has 0 N–H and O–H groups in total. The molecular formula is C10H16O4. The molecule has 0 aliphatic carbocycles. The predicted octanol–water partition coefficient (Wildman–Crippen LogP) is 0.696. The standard InChI is InChI=1S/C10H16O4/c1-2-4-11-10(9-6-13-9)14-7(3-1)8-5-12-8/h7-10H,1-6H2. The van der Waals surface area contributed by atoms with Gasteiger partial charge < -0.3 is 18.9 Å². The van der Waals surface area contributed by atoms with Gasteiger partial charge in [0.15, 0.2) is 6.29 Å². The predicted molar refractivity (Wildman–Crippen MR) is 47.9 cm³/mol. The molecule has 0 saturated carbocycles. The number of ether oxygens (including phenoxy) is 4. The van der Waals surface area contributed by atoms with Crippen molar-refractivity contribution < 1.29 is 18.9 Å². The van der Waals surface area contributed by atoms with Crippen molar-refractivity contribution in [2.75, 3.05) is 19.8 Å². The lowest BCUT2D eigenvalue weighted by atomic mass is 10.1. The molecule has 4 nitrogen and oxygen atoms in total. The number of rotatable bonds is 2. The van der Waals surface area contributed by atoms with Crippen molar-refractivity contribution in [2.24, 2.45) is 0 Å². The Morgan fingerprint density at radius 2 is 1.57 bits per heavy atom. The van der Waals surface area contributed by atoms with Crippen LogP contribution in [0.25, 0.3) is 0 Å². The highest BCUT2D eigenvalue weighted by Gasteiger charge is 2.41. The fraction of sp³-hybridized carbons (Fsp3) is 1.00. The van der Waals surface area contributed by atoms with Gasteiger partial charge in [-0.3, -0.25) is 0 Å². The minimum absolute atomic E-state index is 0.149. The zero-order chi connectivity index (χ0) is 9.38. The van der Waals surface area contributed by atoms with E-state index >= 15 is 0 Å². The summed E-state index contributed by atoms with van der Waals surface area (Å²) in [7, 11) is 0. The van der Waals surface area contributed by atoms with E-state index in [1.165, 1.54) is 6.42 Å². The van der Waals surface area contributed by atoms with Crippen LogP contribution in [0.5, 0.6) is 0 Å². The van der Waals surface area contributed by atoms with Gasteiger partial charge in [0.25, 0.3) is 0 Å². The van der Waals surface area contributed by atoms with Crippen molar-refractivity contribution in [3.8, 4) is 0 Å². The summed E-state index contributed by atoms with van der Waals surface area (Å²) in [6, 6.07) is 0. The van der Waals surface area contributed by atoms with Gasteiger partial charge in [-0.05, 0) is 19.3 Å². The maximum atomic E-state index is 5.87. The van der Waals surface area contributed by atoms with Crippen LogP contribution in [0.2, 0.25) is 0 Å². The zero-order valence-electron chi connectivity index (χ0n) is 8.19. The van der Waals surface area contributed by atoms with Crippen LogP contribution >= 0.6 is 0 Å². The van der Waals surface area contributed by atoms with Crippen molar-refractivity contribution in [1.29, 1.82) is 0 Å². The third-order valence-electron chi connectivity index (χ3n) is 2.91. The Morgan fingerprint density at radius 1 is 0.786 bits per heavy atom. The molecular weight excluding hydrogens is 184 g/mol. The number of epoxide rings is 2. The molecule has 0 radical (unpaired) electrons. The first-order chi connectivity index (χ1) is 6.93. The topological polar surface area (TPSA) is 43.5 Å². The Bertz CT molecular complexity index is 180. The molecule has 0 amide bonds. The lowest BCUT2D eigenvalue weighted by molar-refractivity contribution is -0.194. The van der Waals surface area contributed by atoms with Gasteiger partial charge in [-0.1, -0.05) is 0 Å². The van der Waals surface area contributed by atoms with E-state index in [-0.39, 0.29) is 18.5 Å². The summed E-state index contributed by atoms with van der Waals surface area (Å²) in [6.07, 6.45) is 3.96. The number of hydrogen-bond acceptors (Lipinski definition) is 4. The Labute approximate surface area is 83.5 Å². The third-order valence-corrected chi connectivity index (χ3v) is 2.91. The summed E-state index contributed by atoms with van der Waals surface area (Å²) in [5, 5.41) is 0. The van der Waals surface area contributed by atoms with E-state index in [0.29, 0.717) is 6.10 Å². The van der Waals surface area contributed by atoms with E-state index in [0.717, 1.165) is 32.7 Å². The summed E-state index contributed by atoms with van der Waals surface area (Å²) in [5.41, 5.74) is 0. The highest BCUT2D eigenvalue weighted by atomic mass is 16.7. The largest absolute Gasteiger partial charge is 0.370 e. The summed E-state index contributed by atoms with van der Waals surface area (Å²) >= 11 is 0. The first kappa shape index (κ1) is 9.09. The van der Waals surface area contributed by atoms with Crippen molar-refractivity contribution in [3.05, 3.63) is 0 Å². The maximum Gasteiger partial charge on any atom is 0.186 e. The molecule has 80 valence electrons. The van der Waals surface area contributed by atoms with Gasteiger partial charge in [0, 0.05) is 6.61 Å². The van der Waals surface area contributed by atoms with Gasteiger partial charge in [-0.25, -0.2) is 0 Å². The van der Waals surface area contributed by atoms with Gasteiger partial charge in [-0.15, -0.1) is 0 Å². The molecule has 3 aliphatic rings. The normalized spacial score (nSPS) is 48.0. The van der Waals surface area contributed by atoms with Crippen molar-refractivity contribution in [3.63, 3.8) is 0 Å². The lowest BCUT2D eigenvalue weighted by Gasteiger charge is -2.25. The van der Waals surface area contributed by atoms with Crippen LogP contribution in [0.3, 0.4) is 0 Å². The Balaban J connectivity index is 1.59. The monoisotopic (exact) mass is 200 g/mol. The van der Waals surface area contributed by atoms with Crippen LogP contribution in [0.1, 0.15) is 19.3 Å². The molecule has 3 fully saturated rings. The van der Waals surface area contributed by atoms with Crippen molar-refractivity contribution in [1.82, 2.24) is 0 Å². The second-order valence-electron chi connectivity index (χ2n) is 4.15. The summed E-state index contributed by atoms with van der Waals surface area (Å²) in [4.78, 5) is 0. The molecule has 0 spiro atoms. The zero-order valence-corrected chi connectivity index (χ0v) is 8.19. The van der Waals surface area contributed by atoms with E-state index < -0.39 is 0 Å². The first-order valence-corrected chi connectivity index (χ1v) is 5.44. The molecule has 3 heterocycles. The fourth-order valence-corrected chi connectivity index (χ4v) is 1.88. The minimum atomic E-state index is -0.149. The van der Waals surface area contributed by atoms with Crippen LogP contribution < -0.4 is 0 Å². The molecule has 3 saturated heterocycles. The molecule has 0 aromatic heterocycles.